The Morgan fingerprint density at radius 2 is 1.96 bits per heavy atom. The molecule has 4 heteroatoms. The molecule has 0 saturated heterocycles. The topological polar surface area (TPSA) is 40.5 Å². The first-order valence-corrected chi connectivity index (χ1v) is 7.61. The second-order valence-electron chi connectivity index (χ2n) is 5.89. The molecule has 0 amide bonds. The number of aldehydes is 1. The Balaban J connectivity index is 3.18. The van der Waals surface area contributed by atoms with E-state index >= 15 is 0 Å². The molecule has 1 rings (SSSR count). The molecule has 0 aliphatic rings. The lowest BCUT2D eigenvalue weighted by atomic mass is 10.1. The molecule has 0 aromatic heterocycles. The molecule has 0 heterocycles. The van der Waals surface area contributed by atoms with Gasteiger partial charge in [0.15, 0.2) is 6.29 Å². The fourth-order valence-corrected chi connectivity index (χ4v) is 1.99. The van der Waals surface area contributed by atoms with Crippen molar-refractivity contribution in [3.8, 4) is 11.8 Å². The molecule has 0 spiro atoms. The van der Waals surface area contributed by atoms with Gasteiger partial charge in [0.05, 0.1) is 5.70 Å². The first-order valence-electron chi connectivity index (χ1n) is 7.23. The van der Waals surface area contributed by atoms with E-state index in [-0.39, 0.29) is 5.16 Å². The minimum absolute atomic E-state index is 0.233. The molecular formula is C19H22ClNO2. The van der Waals surface area contributed by atoms with Gasteiger partial charge >= 0.3 is 0 Å². The van der Waals surface area contributed by atoms with Gasteiger partial charge < -0.3 is 10.0 Å². The number of carbonyl (C=O) groups is 1. The molecule has 0 unspecified atom stereocenters. The van der Waals surface area contributed by atoms with Crippen molar-refractivity contribution in [3.05, 3.63) is 58.4 Å². The van der Waals surface area contributed by atoms with E-state index in [4.69, 9.17) is 11.6 Å². The third-order valence-electron chi connectivity index (χ3n) is 3.10. The summed E-state index contributed by atoms with van der Waals surface area (Å²) in [7, 11) is 0. The highest BCUT2D eigenvalue weighted by atomic mass is 35.5. The lowest BCUT2D eigenvalue weighted by Crippen LogP contribution is -2.21. The molecule has 122 valence electrons. The predicted molar refractivity (Wildman–Crippen MR) is 94.6 cm³/mol. The molecular weight excluding hydrogens is 310 g/mol. The monoisotopic (exact) mass is 331 g/mol. The number of nitrogens with zero attached hydrogens (tertiary/aromatic N) is 1. The maximum Gasteiger partial charge on any atom is 0.167 e. The largest absolute Gasteiger partial charge is 0.378 e. The van der Waals surface area contributed by atoms with Crippen LogP contribution in [-0.2, 0) is 11.3 Å². The molecule has 1 aromatic rings. The summed E-state index contributed by atoms with van der Waals surface area (Å²) in [6.07, 6.45) is 0.705. The van der Waals surface area contributed by atoms with Crippen LogP contribution in [0.4, 0.5) is 0 Å². The summed E-state index contributed by atoms with van der Waals surface area (Å²) in [6, 6.07) is 7.94. The highest BCUT2D eigenvalue weighted by Gasteiger charge is 2.15. The zero-order chi connectivity index (χ0) is 17.6. The second-order valence-corrected chi connectivity index (χ2v) is 6.32. The van der Waals surface area contributed by atoms with Crippen molar-refractivity contribution >= 4 is 17.9 Å². The molecule has 0 radical (unpaired) electrons. The minimum atomic E-state index is -1.13. The number of hydrogen-bond acceptors (Lipinski definition) is 3. The van der Waals surface area contributed by atoms with Crippen LogP contribution in [-0.4, -0.2) is 21.9 Å². The number of rotatable bonds is 5. The van der Waals surface area contributed by atoms with Crippen molar-refractivity contribution in [1.82, 2.24) is 4.90 Å². The molecule has 23 heavy (non-hydrogen) atoms. The van der Waals surface area contributed by atoms with Crippen LogP contribution in [0.3, 0.4) is 0 Å². The smallest absolute Gasteiger partial charge is 0.167 e. The van der Waals surface area contributed by atoms with Crippen LogP contribution >= 0.6 is 11.6 Å². The second kappa shape index (κ2) is 8.01. The Kier molecular flexibility index (Phi) is 6.62. The summed E-state index contributed by atoms with van der Waals surface area (Å²) in [4.78, 5) is 13.1. The summed E-state index contributed by atoms with van der Waals surface area (Å²) >= 11 is 6.07. The first kappa shape index (κ1) is 19.0. The molecule has 0 bridgehead atoms. The maximum absolute atomic E-state index is 11.5. The van der Waals surface area contributed by atoms with E-state index in [1.165, 1.54) is 0 Å². The Bertz CT molecular complexity index is 670. The van der Waals surface area contributed by atoms with E-state index in [1.54, 1.807) is 25.7 Å². The average molecular weight is 332 g/mol. The van der Waals surface area contributed by atoms with E-state index in [2.05, 4.69) is 18.4 Å². The van der Waals surface area contributed by atoms with Crippen LogP contribution in [0.1, 0.15) is 31.9 Å². The summed E-state index contributed by atoms with van der Waals surface area (Å²) in [5, 5.41) is 9.92. The van der Waals surface area contributed by atoms with Gasteiger partial charge in [-0.05, 0) is 33.3 Å². The molecule has 0 fully saturated rings. The van der Waals surface area contributed by atoms with Gasteiger partial charge in [0.1, 0.15) is 10.8 Å². The zero-order valence-electron chi connectivity index (χ0n) is 14.0. The Hall–Kier alpha value is -2.02. The quantitative estimate of drug-likeness (QED) is 0.386. The summed E-state index contributed by atoms with van der Waals surface area (Å²) in [5.74, 6) is 5.50. The van der Waals surface area contributed by atoms with Gasteiger partial charge in [0, 0.05) is 12.1 Å². The molecule has 0 aliphatic heterocycles. The molecule has 3 nitrogen and oxygen atoms in total. The zero-order valence-corrected chi connectivity index (χ0v) is 14.7. The van der Waals surface area contributed by atoms with E-state index in [1.807, 2.05) is 31.2 Å². The Morgan fingerprint density at radius 1 is 1.39 bits per heavy atom. The van der Waals surface area contributed by atoms with Crippen molar-refractivity contribution in [2.24, 2.45) is 0 Å². The maximum atomic E-state index is 11.5. The molecule has 0 saturated carbocycles. The fourth-order valence-electron chi connectivity index (χ4n) is 1.84. The van der Waals surface area contributed by atoms with Crippen LogP contribution in [0.2, 0.25) is 0 Å². The van der Waals surface area contributed by atoms with Gasteiger partial charge in [-0.25, -0.2) is 0 Å². The van der Waals surface area contributed by atoms with Crippen LogP contribution in [0.25, 0.3) is 0 Å². The number of aliphatic hydroxyl groups is 1. The van der Waals surface area contributed by atoms with Gasteiger partial charge in [-0.2, -0.15) is 0 Å². The molecule has 0 atom stereocenters. The summed E-state index contributed by atoms with van der Waals surface area (Å²) in [6.45, 7) is 11.0. The van der Waals surface area contributed by atoms with Crippen molar-refractivity contribution in [2.75, 3.05) is 0 Å². The number of benzene rings is 1. The molecule has 0 aliphatic carbocycles. The average Bonchev–Trinajstić information content (AvgIpc) is 2.46. The Morgan fingerprint density at radius 3 is 2.39 bits per heavy atom. The lowest BCUT2D eigenvalue weighted by Gasteiger charge is -2.24. The van der Waals surface area contributed by atoms with Crippen LogP contribution < -0.4 is 0 Å². The van der Waals surface area contributed by atoms with E-state index in [0.29, 0.717) is 24.1 Å². The van der Waals surface area contributed by atoms with Crippen LogP contribution in [0.15, 0.2) is 47.3 Å². The van der Waals surface area contributed by atoms with Gasteiger partial charge in [-0.1, -0.05) is 59.8 Å². The SMILES string of the molecule is C=C(Cl)N(Cc1ccc(C)cc1)/C(C=O)=C(\C)C#CC(C)(C)O. The third kappa shape index (κ3) is 6.32. The van der Waals surface area contributed by atoms with Crippen molar-refractivity contribution in [2.45, 2.75) is 39.8 Å². The fraction of sp³-hybridized carbons (Fsp3) is 0.316. The van der Waals surface area contributed by atoms with Gasteiger partial charge in [0.2, 0.25) is 0 Å². The highest BCUT2D eigenvalue weighted by molar-refractivity contribution is 6.29. The van der Waals surface area contributed by atoms with Crippen molar-refractivity contribution in [1.29, 1.82) is 0 Å². The summed E-state index contributed by atoms with van der Waals surface area (Å²) in [5.41, 5.74) is 1.89. The van der Waals surface area contributed by atoms with E-state index in [0.717, 1.165) is 11.1 Å². The normalized spacial score (nSPS) is 11.9. The van der Waals surface area contributed by atoms with E-state index < -0.39 is 5.60 Å². The van der Waals surface area contributed by atoms with Crippen molar-refractivity contribution < 1.29 is 9.90 Å². The number of hydrogen-bond donors (Lipinski definition) is 1. The van der Waals surface area contributed by atoms with Gasteiger partial charge in [-0.15, -0.1) is 0 Å². The minimum Gasteiger partial charge on any atom is -0.378 e. The number of carbonyl (C=O) groups excluding carboxylic acids is 1. The molecule has 1 aromatic carbocycles. The number of halogens is 1. The lowest BCUT2D eigenvalue weighted by molar-refractivity contribution is -0.106. The molecule has 1 N–H and O–H groups in total. The predicted octanol–water partition coefficient (Wildman–Crippen LogP) is 3.75. The first-order chi connectivity index (χ1) is 10.6. The standard InChI is InChI=1S/C19H22ClNO2/c1-14-6-8-17(9-7-14)12-21(16(3)20)18(13-22)15(2)10-11-19(4,5)23/h6-9,13,23H,3,12H2,1-2,4-5H3/b18-15+. The van der Waals surface area contributed by atoms with Crippen molar-refractivity contribution in [3.63, 3.8) is 0 Å². The van der Waals surface area contributed by atoms with Crippen LogP contribution in [0, 0.1) is 18.8 Å². The van der Waals surface area contributed by atoms with Crippen LogP contribution in [0.5, 0.6) is 0 Å². The third-order valence-corrected chi connectivity index (χ3v) is 3.30. The Labute approximate surface area is 143 Å². The highest BCUT2D eigenvalue weighted by Crippen LogP contribution is 2.21. The van der Waals surface area contributed by atoms with E-state index in [9.17, 15) is 9.90 Å². The summed E-state index contributed by atoms with van der Waals surface area (Å²) < 4.78 is 0. The number of allylic oxidation sites excluding steroid dienone is 2. The van der Waals surface area contributed by atoms with Gasteiger partial charge in [-0.3, -0.25) is 4.79 Å². The van der Waals surface area contributed by atoms with Gasteiger partial charge in [0.25, 0.3) is 0 Å². The number of aryl methyl sites for hydroxylation is 1.